The van der Waals surface area contributed by atoms with Crippen molar-refractivity contribution in [3.05, 3.63) is 60.2 Å². The SMILES string of the molecule is CCCN(C=O)Cc1ccc(Oc2ccccc2)cc1.O=C(O)C1CCC1CO. The van der Waals surface area contributed by atoms with Gasteiger partial charge in [0.15, 0.2) is 0 Å². The minimum absolute atomic E-state index is 0.0248. The van der Waals surface area contributed by atoms with Gasteiger partial charge in [-0.2, -0.15) is 0 Å². The quantitative estimate of drug-likeness (QED) is 0.624. The molecule has 156 valence electrons. The molecule has 2 atom stereocenters. The van der Waals surface area contributed by atoms with Gasteiger partial charge in [0.2, 0.25) is 6.41 Å². The number of para-hydroxylation sites is 1. The summed E-state index contributed by atoms with van der Waals surface area (Å²) in [7, 11) is 0. The third kappa shape index (κ3) is 7.23. The number of carbonyl (C=O) groups excluding carboxylic acids is 1. The fourth-order valence-corrected chi connectivity index (χ4v) is 3.09. The number of carbonyl (C=O) groups is 2. The number of carboxylic acid groups (broad SMARTS) is 1. The molecule has 6 nitrogen and oxygen atoms in total. The van der Waals surface area contributed by atoms with E-state index in [1.54, 1.807) is 4.90 Å². The van der Waals surface area contributed by atoms with Gasteiger partial charge in [-0.05, 0) is 55.0 Å². The molecular weight excluding hydrogens is 370 g/mol. The molecule has 2 aromatic carbocycles. The van der Waals surface area contributed by atoms with Crippen LogP contribution in [0, 0.1) is 11.8 Å². The lowest BCUT2D eigenvalue weighted by Crippen LogP contribution is -2.34. The number of aliphatic hydroxyl groups is 1. The first-order chi connectivity index (χ1) is 14.1. The van der Waals surface area contributed by atoms with Crippen molar-refractivity contribution in [2.24, 2.45) is 11.8 Å². The molecule has 0 aliphatic heterocycles. The topological polar surface area (TPSA) is 87.1 Å². The fourth-order valence-electron chi connectivity index (χ4n) is 3.09. The Morgan fingerprint density at radius 3 is 2.21 bits per heavy atom. The number of aliphatic carboxylic acids is 1. The van der Waals surface area contributed by atoms with Crippen molar-refractivity contribution in [3.63, 3.8) is 0 Å². The molecule has 0 heterocycles. The zero-order chi connectivity index (χ0) is 21.1. The number of rotatable bonds is 9. The summed E-state index contributed by atoms with van der Waals surface area (Å²) in [6, 6.07) is 17.5. The maximum absolute atomic E-state index is 10.9. The van der Waals surface area contributed by atoms with E-state index in [0.29, 0.717) is 6.54 Å². The fraction of sp³-hybridized carbons (Fsp3) is 0.391. The summed E-state index contributed by atoms with van der Waals surface area (Å²) in [5, 5.41) is 17.0. The van der Waals surface area contributed by atoms with Crippen molar-refractivity contribution in [2.45, 2.75) is 32.7 Å². The molecule has 0 spiro atoms. The minimum Gasteiger partial charge on any atom is -0.481 e. The first kappa shape index (κ1) is 22.4. The number of carboxylic acids is 1. The lowest BCUT2D eigenvalue weighted by molar-refractivity contribution is -0.148. The van der Waals surface area contributed by atoms with Crippen LogP contribution in [0.5, 0.6) is 11.5 Å². The van der Waals surface area contributed by atoms with E-state index in [9.17, 15) is 9.59 Å². The molecule has 1 aliphatic rings. The van der Waals surface area contributed by atoms with E-state index in [-0.39, 0.29) is 18.4 Å². The van der Waals surface area contributed by atoms with Gasteiger partial charge in [-0.1, -0.05) is 37.3 Å². The monoisotopic (exact) mass is 399 g/mol. The van der Waals surface area contributed by atoms with E-state index in [4.69, 9.17) is 14.9 Å². The predicted molar refractivity (Wildman–Crippen MR) is 111 cm³/mol. The van der Waals surface area contributed by atoms with Crippen molar-refractivity contribution in [1.82, 2.24) is 4.90 Å². The van der Waals surface area contributed by atoms with Crippen LogP contribution >= 0.6 is 0 Å². The first-order valence-electron chi connectivity index (χ1n) is 9.92. The number of nitrogens with zero attached hydrogens (tertiary/aromatic N) is 1. The predicted octanol–water partition coefficient (Wildman–Crippen LogP) is 3.94. The molecular formula is C23H29NO5. The van der Waals surface area contributed by atoms with Crippen molar-refractivity contribution < 1.29 is 24.5 Å². The third-order valence-corrected chi connectivity index (χ3v) is 4.92. The number of amides is 1. The second kappa shape index (κ2) is 11.9. The Morgan fingerprint density at radius 2 is 1.76 bits per heavy atom. The highest BCUT2D eigenvalue weighted by Crippen LogP contribution is 2.33. The van der Waals surface area contributed by atoms with Crippen LogP contribution in [0.25, 0.3) is 0 Å². The zero-order valence-electron chi connectivity index (χ0n) is 16.7. The maximum atomic E-state index is 10.9. The molecule has 0 saturated heterocycles. The highest BCUT2D eigenvalue weighted by molar-refractivity contribution is 5.71. The lowest BCUT2D eigenvalue weighted by Gasteiger charge is -2.31. The summed E-state index contributed by atoms with van der Waals surface area (Å²) in [4.78, 5) is 22.9. The molecule has 2 N–H and O–H groups in total. The molecule has 1 aliphatic carbocycles. The Bertz CT molecular complexity index is 746. The highest BCUT2D eigenvalue weighted by atomic mass is 16.5. The summed E-state index contributed by atoms with van der Waals surface area (Å²) in [6.45, 7) is 3.51. The van der Waals surface area contributed by atoms with E-state index in [2.05, 4.69) is 6.92 Å². The van der Waals surface area contributed by atoms with Crippen LogP contribution in [0.2, 0.25) is 0 Å². The van der Waals surface area contributed by atoms with E-state index in [1.807, 2.05) is 54.6 Å². The van der Waals surface area contributed by atoms with Crippen LogP contribution in [0.15, 0.2) is 54.6 Å². The number of hydrogen-bond acceptors (Lipinski definition) is 4. The van der Waals surface area contributed by atoms with Gasteiger partial charge in [0.25, 0.3) is 0 Å². The van der Waals surface area contributed by atoms with Gasteiger partial charge in [-0.25, -0.2) is 0 Å². The summed E-state index contributed by atoms with van der Waals surface area (Å²) < 4.78 is 5.73. The Morgan fingerprint density at radius 1 is 1.10 bits per heavy atom. The zero-order valence-corrected chi connectivity index (χ0v) is 16.7. The molecule has 1 fully saturated rings. The summed E-state index contributed by atoms with van der Waals surface area (Å²) in [6.07, 6.45) is 3.47. The Labute approximate surface area is 171 Å². The number of aliphatic hydroxyl groups excluding tert-OH is 1. The number of benzene rings is 2. The van der Waals surface area contributed by atoms with Crippen molar-refractivity contribution in [3.8, 4) is 11.5 Å². The average Bonchev–Trinajstić information content (AvgIpc) is 2.69. The molecule has 6 heteroatoms. The second-order valence-electron chi connectivity index (χ2n) is 7.10. The normalized spacial score (nSPS) is 17.3. The smallest absolute Gasteiger partial charge is 0.306 e. The highest BCUT2D eigenvalue weighted by Gasteiger charge is 2.35. The van der Waals surface area contributed by atoms with Gasteiger partial charge in [0.1, 0.15) is 11.5 Å². The molecule has 29 heavy (non-hydrogen) atoms. The van der Waals surface area contributed by atoms with Crippen molar-refractivity contribution in [1.29, 1.82) is 0 Å². The largest absolute Gasteiger partial charge is 0.481 e. The molecule has 1 saturated carbocycles. The van der Waals surface area contributed by atoms with Gasteiger partial charge >= 0.3 is 5.97 Å². The second-order valence-corrected chi connectivity index (χ2v) is 7.10. The standard InChI is InChI=1S/C17H19NO2.C6H10O3/c1-2-12-18(14-19)13-15-8-10-17(11-9-15)20-16-6-4-3-5-7-16;7-3-4-1-2-5(4)6(8)9/h3-11,14H,2,12-13H2,1H3;4-5,7H,1-3H2,(H,8,9). The Balaban J connectivity index is 0.000000278. The van der Waals surface area contributed by atoms with Gasteiger partial charge in [0, 0.05) is 19.7 Å². The van der Waals surface area contributed by atoms with Crippen LogP contribution in [0.4, 0.5) is 0 Å². The van der Waals surface area contributed by atoms with Crippen LogP contribution in [0.3, 0.4) is 0 Å². The lowest BCUT2D eigenvalue weighted by atomic mass is 9.74. The van der Waals surface area contributed by atoms with Gasteiger partial charge in [-0.15, -0.1) is 0 Å². The maximum Gasteiger partial charge on any atom is 0.306 e. The number of hydrogen-bond donors (Lipinski definition) is 2. The van der Waals surface area contributed by atoms with E-state index < -0.39 is 5.97 Å². The van der Waals surface area contributed by atoms with Gasteiger partial charge in [-0.3, -0.25) is 9.59 Å². The van der Waals surface area contributed by atoms with E-state index in [0.717, 1.165) is 49.3 Å². The summed E-state index contributed by atoms with van der Waals surface area (Å²) in [5.74, 6) is 0.617. The Hall–Kier alpha value is -2.86. The van der Waals surface area contributed by atoms with E-state index >= 15 is 0 Å². The molecule has 0 aromatic heterocycles. The minimum atomic E-state index is -0.764. The van der Waals surface area contributed by atoms with Crippen molar-refractivity contribution in [2.75, 3.05) is 13.2 Å². The molecule has 1 amide bonds. The van der Waals surface area contributed by atoms with Crippen LogP contribution in [-0.2, 0) is 16.1 Å². The van der Waals surface area contributed by atoms with Crippen molar-refractivity contribution >= 4 is 12.4 Å². The van der Waals surface area contributed by atoms with Crippen LogP contribution < -0.4 is 4.74 Å². The van der Waals surface area contributed by atoms with Crippen LogP contribution in [-0.4, -0.2) is 40.6 Å². The molecule has 0 radical (unpaired) electrons. The van der Waals surface area contributed by atoms with Gasteiger partial charge < -0.3 is 19.8 Å². The average molecular weight is 399 g/mol. The Kier molecular flexibility index (Phi) is 9.18. The first-order valence-corrected chi connectivity index (χ1v) is 9.92. The van der Waals surface area contributed by atoms with Gasteiger partial charge in [0.05, 0.1) is 5.92 Å². The van der Waals surface area contributed by atoms with E-state index in [1.165, 1.54) is 0 Å². The third-order valence-electron chi connectivity index (χ3n) is 4.92. The van der Waals surface area contributed by atoms with Crippen LogP contribution in [0.1, 0.15) is 31.7 Å². The molecule has 3 rings (SSSR count). The number of ether oxygens (including phenoxy) is 1. The molecule has 0 bridgehead atoms. The summed E-state index contributed by atoms with van der Waals surface area (Å²) in [5.41, 5.74) is 1.10. The summed E-state index contributed by atoms with van der Waals surface area (Å²) >= 11 is 0. The molecule has 2 unspecified atom stereocenters. The molecule has 2 aromatic rings.